The topological polar surface area (TPSA) is 52.6 Å². The first-order valence-corrected chi connectivity index (χ1v) is 8.39. The van der Waals surface area contributed by atoms with Crippen molar-refractivity contribution in [2.24, 2.45) is 0 Å². The van der Waals surface area contributed by atoms with E-state index in [1.165, 1.54) is 0 Å². The van der Waals surface area contributed by atoms with E-state index in [9.17, 15) is 4.79 Å². The van der Waals surface area contributed by atoms with Crippen molar-refractivity contribution in [2.45, 2.75) is 19.3 Å². The molecule has 0 fully saturated rings. The second kappa shape index (κ2) is 5.24. The molecule has 4 aromatic rings. The molecule has 4 nitrogen and oxygen atoms in total. The van der Waals surface area contributed by atoms with Crippen molar-refractivity contribution in [3.8, 4) is 16.9 Å². The number of fused-ring (bicyclic) bond motifs is 4. The molecule has 0 bridgehead atoms. The summed E-state index contributed by atoms with van der Waals surface area (Å²) < 4.78 is 16.6. The van der Waals surface area contributed by atoms with E-state index >= 15 is 0 Å². The van der Waals surface area contributed by atoms with E-state index in [0.29, 0.717) is 11.2 Å². The SMILES string of the molecule is COc1cccc(-c2coc3cc4oc(=O)c5c(c4cc23)CCC5)c1. The van der Waals surface area contributed by atoms with E-state index in [4.69, 9.17) is 13.6 Å². The van der Waals surface area contributed by atoms with Crippen LogP contribution in [0.5, 0.6) is 5.75 Å². The average molecular weight is 332 g/mol. The molecular formula is C21H16O4. The summed E-state index contributed by atoms with van der Waals surface area (Å²) in [6.07, 6.45) is 4.48. The number of furan rings is 1. The Labute approximate surface area is 143 Å². The van der Waals surface area contributed by atoms with Gasteiger partial charge >= 0.3 is 5.63 Å². The third-order valence-electron chi connectivity index (χ3n) is 5.05. The van der Waals surface area contributed by atoms with Gasteiger partial charge in [-0.1, -0.05) is 12.1 Å². The van der Waals surface area contributed by atoms with Gasteiger partial charge in [0.05, 0.1) is 13.4 Å². The van der Waals surface area contributed by atoms with Crippen molar-refractivity contribution in [1.29, 1.82) is 0 Å². The number of hydrogen-bond acceptors (Lipinski definition) is 4. The predicted molar refractivity (Wildman–Crippen MR) is 96.3 cm³/mol. The predicted octanol–water partition coefficient (Wildman–Crippen LogP) is 4.70. The minimum Gasteiger partial charge on any atom is -0.497 e. The highest BCUT2D eigenvalue weighted by Crippen LogP contribution is 2.37. The average Bonchev–Trinajstić information content (AvgIpc) is 3.27. The Kier molecular flexibility index (Phi) is 3.01. The fraction of sp³-hybridized carbons (Fsp3) is 0.190. The largest absolute Gasteiger partial charge is 0.497 e. The molecule has 25 heavy (non-hydrogen) atoms. The van der Waals surface area contributed by atoms with E-state index in [1.54, 1.807) is 13.4 Å². The van der Waals surface area contributed by atoms with Crippen LogP contribution in [0.1, 0.15) is 17.5 Å². The van der Waals surface area contributed by atoms with Gasteiger partial charge in [-0.2, -0.15) is 0 Å². The number of rotatable bonds is 2. The molecule has 0 saturated carbocycles. The van der Waals surface area contributed by atoms with Gasteiger partial charge in [0.2, 0.25) is 0 Å². The van der Waals surface area contributed by atoms with E-state index in [-0.39, 0.29) is 5.63 Å². The van der Waals surface area contributed by atoms with Gasteiger partial charge in [-0.3, -0.25) is 0 Å². The standard InChI is InChI=1S/C21H16O4/c1-23-13-5-2-4-12(8-13)18-11-24-19-10-20-16(9-17(18)19)14-6-3-7-15(14)21(22)25-20/h2,4-5,8-11H,3,6-7H2,1H3. The quantitative estimate of drug-likeness (QED) is 0.499. The summed E-state index contributed by atoms with van der Waals surface area (Å²) in [5.74, 6) is 0.805. The van der Waals surface area contributed by atoms with Crippen LogP contribution in [-0.4, -0.2) is 7.11 Å². The molecular weight excluding hydrogens is 316 g/mol. The Balaban J connectivity index is 1.81. The van der Waals surface area contributed by atoms with Gasteiger partial charge in [0.15, 0.2) is 0 Å². The zero-order valence-corrected chi connectivity index (χ0v) is 13.8. The summed E-state index contributed by atoms with van der Waals surface area (Å²) in [7, 11) is 1.66. The minimum atomic E-state index is -0.209. The van der Waals surface area contributed by atoms with Crippen molar-refractivity contribution in [3.05, 3.63) is 64.2 Å². The van der Waals surface area contributed by atoms with Crippen molar-refractivity contribution >= 4 is 21.9 Å². The first-order chi connectivity index (χ1) is 12.2. The van der Waals surface area contributed by atoms with Crippen molar-refractivity contribution in [3.63, 3.8) is 0 Å². The van der Waals surface area contributed by atoms with Gasteiger partial charge in [-0.25, -0.2) is 4.79 Å². The lowest BCUT2D eigenvalue weighted by molar-refractivity contribution is 0.415. The molecule has 1 aliphatic carbocycles. The first-order valence-electron chi connectivity index (χ1n) is 8.39. The molecule has 0 radical (unpaired) electrons. The van der Waals surface area contributed by atoms with Crippen LogP contribution in [0.25, 0.3) is 33.1 Å². The highest BCUT2D eigenvalue weighted by Gasteiger charge is 2.21. The Bertz CT molecular complexity index is 1180. The van der Waals surface area contributed by atoms with E-state index in [2.05, 4.69) is 6.07 Å². The molecule has 2 aromatic heterocycles. The van der Waals surface area contributed by atoms with Gasteiger partial charge < -0.3 is 13.6 Å². The van der Waals surface area contributed by atoms with Crippen molar-refractivity contribution < 1.29 is 13.6 Å². The van der Waals surface area contributed by atoms with Crippen LogP contribution in [0.4, 0.5) is 0 Å². The Morgan fingerprint density at radius 1 is 1.00 bits per heavy atom. The monoisotopic (exact) mass is 332 g/mol. The van der Waals surface area contributed by atoms with Gasteiger partial charge in [0, 0.05) is 28.0 Å². The van der Waals surface area contributed by atoms with E-state index < -0.39 is 0 Å². The van der Waals surface area contributed by atoms with E-state index in [0.717, 1.165) is 58.0 Å². The van der Waals surface area contributed by atoms with Gasteiger partial charge in [-0.15, -0.1) is 0 Å². The molecule has 2 aromatic carbocycles. The van der Waals surface area contributed by atoms with Crippen LogP contribution < -0.4 is 10.4 Å². The summed E-state index contributed by atoms with van der Waals surface area (Å²) in [5.41, 5.74) is 5.11. The second-order valence-corrected chi connectivity index (χ2v) is 6.43. The van der Waals surface area contributed by atoms with Crippen molar-refractivity contribution in [2.75, 3.05) is 7.11 Å². The molecule has 2 heterocycles. The number of ether oxygens (including phenoxy) is 1. The molecule has 0 saturated heterocycles. The molecule has 124 valence electrons. The van der Waals surface area contributed by atoms with Crippen LogP contribution in [-0.2, 0) is 12.8 Å². The van der Waals surface area contributed by atoms with Crippen LogP contribution in [0, 0.1) is 0 Å². The number of benzene rings is 2. The Morgan fingerprint density at radius 2 is 1.88 bits per heavy atom. The molecule has 0 spiro atoms. The third kappa shape index (κ3) is 2.10. The van der Waals surface area contributed by atoms with Crippen molar-refractivity contribution in [1.82, 2.24) is 0 Å². The number of aryl methyl sites for hydroxylation is 1. The molecule has 0 amide bonds. The maximum Gasteiger partial charge on any atom is 0.339 e. The normalized spacial score (nSPS) is 13.5. The van der Waals surface area contributed by atoms with Crippen LogP contribution in [0.15, 0.2) is 56.3 Å². The zero-order chi connectivity index (χ0) is 17.0. The van der Waals surface area contributed by atoms with Gasteiger partial charge in [0.25, 0.3) is 0 Å². The molecule has 0 atom stereocenters. The molecule has 0 aliphatic heterocycles. The lowest BCUT2D eigenvalue weighted by atomic mass is 10.0. The summed E-state index contributed by atoms with van der Waals surface area (Å²) in [6, 6.07) is 11.8. The first kappa shape index (κ1) is 14.3. The zero-order valence-electron chi connectivity index (χ0n) is 13.8. The summed E-state index contributed by atoms with van der Waals surface area (Å²) in [5, 5.41) is 2.04. The highest BCUT2D eigenvalue weighted by molar-refractivity contribution is 6.02. The molecule has 0 unspecified atom stereocenters. The van der Waals surface area contributed by atoms with E-state index in [1.807, 2.05) is 30.3 Å². The maximum atomic E-state index is 12.1. The summed E-state index contributed by atoms with van der Waals surface area (Å²) in [4.78, 5) is 12.1. The third-order valence-corrected chi connectivity index (χ3v) is 5.05. The lowest BCUT2D eigenvalue weighted by Gasteiger charge is -2.05. The summed E-state index contributed by atoms with van der Waals surface area (Å²) in [6.45, 7) is 0. The molecule has 5 rings (SSSR count). The minimum absolute atomic E-state index is 0.209. The number of hydrogen-bond donors (Lipinski definition) is 0. The second-order valence-electron chi connectivity index (χ2n) is 6.43. The maximum absolute atomic E-state index is 12.1. The number of methoxy groups -OCH3 is 1. The fourth-order valence-electron chi connectivity index (χ4n) is 3.82. The van der Waals surface area contributed by atoms with Crippen LogP contribution in [0.2, 0.25) is 0 Å². The fourth-order valence-corrected chi connectivity index (χ4v) is 3.82. The van der Waals surface area contributed by atoms with Crippen LogP contribution in [0.3, 0.4) is 0 Å². The molecule has 1 aliphatic rings. The van der Waals surface area contributed by atoms with Gasteiger partial charge in [0.1, 0.15) is 16.9 Å². The smallest absolute Gasteiger partial charge is 0.339 e. The Morgan fingerprint density at radius 3 is 2.76 bits per heavy atom. The lowest BCUT2D eigenvalue weighted by Crippen LogP contribution is -2.06. The van der Waals surface area contributed by atoms with Gasteiger partial charge in [-0.05, 0) is 48.6 Å². The van der Waals surface area contributed by atoms with Crippen LogP contribution >= 0.6 is 0 Å². The summed E-state index contributed by atoms with van der Waals surface area (Å²) >= 11 is 0. The molecule has 0 N–H and O–H groups in total. The Hall–Kier alpha value is -3.01. The molecule has 4 heteroatoms. The highest BCUT2D eigenvalue weighted by atomic mass is 16.5.